The van der Waals surface area contributed by atoms with E-state index in [2.05, 4.69) is 25.8 Å². The number of rotatable bonds is 5. The van der Waals surface area contributed by atoms with Gasteiger partial charge >= 0.3 is 12.2 Å². The highest BCUT2D eigenvalue weighted by molar-refractivity contribution is 5.93. The van der Waals surface area contributed by atoms with Gasteiger partial charge in [-0.2, -0.15) is 13.2 Å². The molecule has 1 saturated carbocycles. The topological polar surface area (TPSA) is 108 Å². The number of pyridine rings is 1. The molecule has 3 aromatic rings. The summed E-state index contributed by atoms with van der Waals surface area (Å²) in [5.41, 5.74) is 1.09. The molecule has 43 heavy (non-hydrogen) atoms. The third-order valence-electron chi connectivity index (χ3n) is 8.36. The smallest absolute Gasteiger partial charge is 0.418 e. The number of ether oxygens (including phenoxy) is 2. The molecular weight excluding hydrogens is 565 g/mol. The van der Waals surface area contributed by atoms with Gasteiger partial charge in [0.2, 0.25) is 5.91 Å². The highest BCUT2D eigenvalue weighted by Gasteiger charge is 2.59. The van der Waals surface area contributed by atoms with Crippen LogP contribution in [0.1, 0.15) is 29.0 Å². The number of carbonyl (C=O) groups excluding carboxylic acids is 2. The number of amides is 3. The molecule has 3 amide bonds. The Hall–Kier alpha value is -4.52. The molecule has 7 rings (SSSR count). The first-order chi connectivity index (χ1) is 20.6. The Morgan fingerprint density at radius 1 is 1.09 bits per heavy atom. The molecule has 0 radical (unpaired) electrons. The fraction of sp³-hybridized carbons (Fsp3) is 0.367. The van der Waals surface area contributed by atoms with E-state index in [-0.39, 0.29) is 35.3 Å². The van der Waals surface area contributed by atoms with Gasteiger partial charge in [0.05, 0.1) is 17.5 Å². The van der Waals surface area contributed by atoms with Gasteiger partial charge in [0.15, 0.2) is 0 Å². The minimum atomic E-state index is -4.57. The minimum Gasteiger partial charge on any atom is -0.487 e. The lowest BCUT2D eigenvalue weighted by Crippen LogP contribution is -2.45. The number of carbonyl (C=O) groups is 2. The zero-order chi connectivity index (χ0) is 29.9. The molecule has 4 heterocycles. The molecule has 1 saturated heterocycles. The monoisotopic (exact) mass is 594 g/mol. The predicted octanol–water partition coefficient (Wildman–Crippen LogP) is 4.58. The SMILES string of the molecule is CN1CCN(c2ccc(NC(=O)NC3C4Oc5ccc(Oc6ccnc7c6CCC(=O)N7)cc5C34)cc2C(F)(F)F)CC1. The van der Waals surface area contributed by atoms with Crippen LogP contribution in [0.15, 0.2) is 48.7 Å². The van der Waals surface area contributed by atoms with Gasteiger partial charge in [-0.1, -0.05) is 0 Å². The number of nitrogens with zero attached hydrogens (tertiary/aromatic N) is 3. The lowest BCUT2D eigenvalue weighted by atomic mass is 10.1. The highest BCUT2D eigenvalue weighted by Crippen LogP contribution is 2.54. The van der Waals surface area contributed by atoms with E-state index in [4.69, 9.17) is 9.47 Å². The van der Waals surface area contributed by atoms with Crippen molar-refractivity contribution in [1.82, 2.24) is 15.2 Å². The van der Waals surface area contributed by atoms with Gasteiger partial charge in [0, 0.05) is 61.3 Å². The Morgan fingerprint density at radius 2 is 1.91 bits per heavy atom. The van der Waals surface area contributed by atoms with E-state index in [1.807, 2.05) is 19.2 Å². The van der Waals surface area contributed by atoms with Crippen molar-refractivity contribution in [2.75, 3.05) is 48.8 Å². The molecule has 1 aliphatic carbocycles. The van der Waals surface area contributed by atoms with E-state index in [0.717, 1.165) is 17.2 Å². The molecule has 3 atom stereocenters. The summed E-state index contributed by atoms with van der Waals surface area (Å²) in [6.45, 7) is 2.34. The van der Waals surface area contributed by atoms with Crippen LogP contribution >= 0.6 is 0 Å². The molecule has 0 spiro atoms. The number of hydrogen-bond donors (Lipinski definition) is 3. The van der Waals surface area contributed by atoms with E-state index >= 15 is 0 Å². The van der Waals surface area contributed by atoms with Crippen LogP contribution < -0.4 is 30.3 Å². The number of hydrogen-bond acceptors (Lipinski definition) is 7. The van der Waals surface area contributed by atoms with Crippen molar-refractivity contribution >= 4 is 29.1 Å². The quantitative estimate of drug-likeness (QED) is 0.397. The normalized spacial score (nSPS) is 22.5. The largest absolute Gasteiger partial charge is 0.487 e. The Balaban J connectivity index is 1.02. The molecule has 2 fully saturated rings. The summed E-state index contributed by atoms with van der Waals surface area (Å²) in [6.07, 6.45) is -2.40. The van der Waals surface area contributed by atoms with Crippen molar-refractivity contribution in [3.05, 3.63) is 65.4 Å². The van der Waals surface area contributed by atoms with Crippen LogP contribution in [0.5, 0.6) is 17.2 Å². The lowest BCUT2D eigenvalue weighted by molar-refractivity contribution is -0.137. The summed E-state index contributed by atoms with van der Waals surface area (Å²) >= 11 is 0. The second kappa shape index (κ2) is 10.3. The van der Waals surface area contributed by atoms with E-state index in [0.29, 0.717) is 62.1 Å². The summed E-state index contributed by atoms with van der Waals surface area (Å²) in [4.78, 5) is 32.6. The number of fused-ring (bicyclic) bond motifs is 4. The Kier molecular flexibility index (Phi) is 6.56. The molecule has 0 bridgehead atoms. The zero-order valence-corrected chi connectivity index (χ0v) is 23.2. The number of likely N-dealkylation sites (N-methyl/N-ethyl adjacent to an activating group) is 1. The Labute approximate surface area is 245 Å². The number of benzene rings is 2. The second-order valence-corrected chi connectivity index (χ2v) is 11.2. The molecule has 3 N–H and O–H groups in total. The van der Waals surface area contributed by atoms with E-state index in [1.54, 1.807) is 23.2 Å². The third kappa shape index (κ3) is 5.29. The molecular formula is C30H29F3N6O4. The van der Waals surface area contributed by atoms with Gasteiger partial charge in [-0.25, -0.2) is 9.78 Å². The molecule has 1 aromatic heterocycles. The van der Waals surface area contributed by atoms with Crippen LogP contribution in [0.4, 0.5) is 35.2 Å². The Morgan fingerprint density at radius 3 is 2.70 bits per heavy atom. The maximum Gasteiger partial charge on any atom is 0.418 e. The van der Waals surface area contributed by atoms with E-state index in [1.165, 1.54) is 12.1 Å². The zero-order valence-electron chi connectivity index (χ0n) is 23.2. The maximum atomic E-state index is 14.0. The van der Waals surface area contributed by atoms with Crippen molar-refractivity contribution < 1.29 is 32.2 Å². The van der Waals surface area contributed by atoms with Crippen molar-refractivity contribution in [3.63, 3.8) is 0 Å². The van der Waals surface area contributed by atoms with Crippen molar-refractivity contribution in [2.45, 2.75) is 37.1 Å². The highest BCUT2D eigenvalue weighted by atomic mass is 19.4. The average Bonchev–Trinajstić information content (AvgIpc) is 3.48. The molecule has 3 unspecified atom stereocenters. The van der Waals surface area contributed by atoms with Crippen LogP contribution in [0, 0.1) is 0 Å². The average molecular weight is 595 g/mol. The molecule has 3 aliphatic heterocycles. The molecule has 4 aliphatic rings. The van der Waals surface area contributed by atoms with Gasteiger partial charge in [-0.15, -0.1) is 0 Å². The van der Waals surface area contributed by atoms with Crippen molar-refractivity contribution in [1.29, 1.82) is 0 Å². The molecule has 10 nitrogen and oxygen atoms in total. The summed E-state index contributed by atoms with van der Waals surface area (Å²) in [7, 11) is 1.94. The van der Waals surface area contributed by atoms with Crippen LogP contribution in [-0.2, 0) is 17.4 Å². The first kappa shape index (κ1) is 27.3. The maximum absolute atomic E-state index is 14.0. The van der Waals surface area contributed by atoms with E-state index in [9.17, 15) is 22.8 Å². The van der Waals surface area contributed by atoms with Crippen LogP contribution in [0.3, 0.4) is 0 Å². The van der Waals surface area contributed by atoms with Crippen molar-refractivity contribution in [2.24, 2.45) is 0 Å². The molecule has 13 heteroatoms. The fourth-order valence-corrected chi connectivity index (χ4v) is 6.04. The number of urea groups is 1. The second-order valence-electron chi connectivity index (χ2n) is 11.2. The summed E-state index contributed by atoms with van der Waals surface area (Å²) < 4.78 is 54.1. The Bertz CT molecular complexity index is 1610. The third-order valence-corrected chi connectivity index (χ3v) is 8.36. The first-order valence-corrected chi connectivity index (χ1v) is 14.1. The van der Waals surface area contributed by atoms with Crippen LogP contribution in [-0.4, -0.2) is 67.2 Å². The first-order valence-electron chi connectivity index (χ1n) is 14.1. The number of piperazine rings is 1. The van der Waals surface area contributed by atoms with Crippen LogP contribution in [0.25, 0.3) is 0 Å². The molecule has 2 aromatic carbocycles. The lowest BCUT2D eigenvalue weighted by Gasteiger charge is -2.35. The summed E-state index contributed by atoms with van der Waals surface area (Å²) in [5, 5.41) is 8.16. The van der Waals surface area contributed by atoms with Gasteiger partial charge < -0.3 is 35.2 Å². The number of alkyl halides is 3. The van der Waals surface area contributed by atoms with Crippen molar-refractivity contribution in [3.8, 4) is 17.2 Å². The van der Waals surface area contributed by atoms with E-state index < -0.39 is 17.8 Å². The van der Waals surface area contributed by atoms with Gasteiger partial charge in [-0.05, 0) is 55.9 Å². The number of anilines is 3. The number of nitrogens with one attached hydrogen (secondary N) is 3. The van der Waals surface area contributed by atoms with Gasteiger partial charge in [0.1, 0.15) is 29.2 Å². The standard InChI is InChI=1S/C30H29F3N6O4/c1-38-10-12-39(13-11-38)21-5-2-16(14-20(21)30(31,32)33)35-29(41)37-26-25-19-15-17(3-6-22(19)43-27(25)26)42-23-8-9-34-28-18(23)4-7-24(40)36-28/h2-3,5-6,8-9,14-15,25-27H,4,7,10-13H2,1H3,(H,34,36,40)(H2,35,37,41). The van der Waals surface area contributed by atoms with Crippen LogP contribution in [0.2, 0.25) is 0 Å². The van der Waals surface area contributed by atoms with Gasteiger partial charge in [0.25, 0.3) is 0 Å². The van der Waals surface area contributed by atoms with Gasteiger partial charge in [-0.3, -0.25) is 4.79 Å². The summed E-state index contributed by atoms with van der Waals surface area (Å²) in [5.74, 6) is 2.16. The predicted molar refractivity (Wildman–Crippen MR) is 152 cm³/mol. The molecule has 224 valence electrons. The fourth-order valence-electron chi connectivity index (χ4n) is 6.04. The minimum absolute atomic E-state index is 0.0578. The summed E-state index contributed by atoms with van der Waals surface area (Å²) in [6, 6.07) is 10.2. The number of aromatic nitrogens is 1. The number of halogens is 3.